The van der Waals surface area contributed by atoms with Crippen LogP contribution < -0.4 is 0 Å². The van der Waals surface area contributed by atoms with Gasteiger partial charge in [0.05, 0.1) is 59.1 Å². The zero-order chi connectivity index (χ0) is 17.9. The molecule has 0 spiro atoms. The average molecular weight is 345 g/mol. The van der Waals surface area contributed by atoms with Crippen molar-refractivity contribution in [1.29, 1.82) is 0 Å². The number of methoxy groups -OCH3 is 3. The molecule has 1 saturated heterocycles. The maximum Gasteiger partial charge on any atom is 0.227 e. The lowest BCUT2D eigenvalue weighted by Crippen LogP contribution is -2.59. The molecule has 1 heterocycles. The van der Waals surface area contributed by atoms with Crippen LogP contribution in [0.1, 0.15) is 19.3 Å². The lowest BCUT2D eigenvalue weighted by Gasteiger charge is -2.42. The van der Waals surface area contributed by atoms with Crippen molar-refractivity contribution < 1.29 is 28.6 Å². The van der Waals surface area contributed by atoms with Crippen LogP contribution in [0.5, 0.6) is 0 Å². The third kappa shape index (κ3) is 6.42. The van der Waals surface area contributed by atoms with Gasteiger partial charge in [-0.15, -0.1) is 0 Å². The minimum absolute atomic E-state index is 0.161. The van der Waals surface area contributed by atoms with Gasteiger partial charge in [-0.2, -0.15) is 0 Å². The van der Waals surface area contributed by atoms with E-state index in [-0.39, 0.29) is 57.0 Å². The van der Waals surface area contributed by atoms with Gasteiger partial charge >= 0.3 is 0 Å². The number of ether oxygens (including phenoxy) is 3. The van der Waals surface area contributed by atoms with Crippen molar-refractivity contribution in [2.75, 3.05) is 61.2 Å². The molecule has 1 aliphatic heterocycles. The average Bonchev–Trinajstić information content (AvgIpc) is 2.61. The van der Waals surface area contributed by atoms with Crippen LogP contribution in [0.15, 0.2) is 0 Å². The standard InChI is InChI=1S/C15H27N3O6/c1-22-7-4-13(19)16-10-17(14(20)5-8-23-2)12-18(11-16)15(21)6-9-24-3/h4-12H2,1-3H3. The lowest BCUT2D eigenvalue weighted by atomic mass is 10.3. The molecule has 1 rings (SSSR count). The van der Waals surface area contributed by atoms with Crippen LogP contribution in [-0.2, 0) is 28.6 Å². The van der Waals surface area contributed by atoms with Crippen molar-refractivity contribution in [2.45, 2.75) is 19.3 Å². The third-order valence-corrected chi connectivity index (χ3v) is 3.64. The Morgan fingerprint density at radius 1 is 0.625 bits per heavy atom. The van der Waals surface area contributed by atoms with Gasteiger partial charge in [0.2, 0.25) is 17.7 Å². The molecule has 138 valence electrons. The first-order chi connectivity index (χ1) is 11.5. The molecule has 1 fully saturated rings. The Kier molecular flexibility index (Phi) is 9.28. The Morgan fingerprint density at radius 2 is 0.875 bits per heavy atom. The highest BCUT2D eigenvalue weighted by Crippen LogP contribution is 2.12. The van der Waals surface area contributed by atoms with E-state index in [1.807, 2.05) is 0 Å². The Balaban J connectivity index is 2.75. The first-order valence-corrected chi connectivity index (χ1v) is 7.83. The minimum atomic E-state index is -0.161. The van der Waals surface area contributed by atoms with E-state index < -0.39 is 0 Å². The van der Waals surface area contributed by atoms with E-state index in [1.165, 1.54) is 36.0 Å². The third-order valence-electron chi connectivity index (χ3n) is 3.64. The topological polar surface area (TPSA) is 88.6 Å². The fourth-order valence-electron chi connectivity index (χ4n) is 2.27. The molecule has 9 nitrogen and oxygen atoms in total. The van der Waals surface area contributed by atoms with Gasteiger partial charge < -0.3 is 28.9 Å². The molecule has 3 amide bonds. The van der Waals surface area contributed by atoms with Crippen LogP contribution in [0.2, 0.25) is 0 Å². The molecule has 9 heteroatoms. The number of nitrogens with zero attached hydrogens (tertiary/aromatic N) is 3. The first-order valence-electron chi connectivity index (χ1n) is 7.83. The molecular weight excluding hydrogens is 318 g/mol. The largest absolute Gasteiger partial charge is 0.384 e. The number of carbonyl (C=O) groups is 3. The van der Waals surface area contributed by atoms with Gasteiger partial charge in [-0.05, 0) is 0 Å². The van der Waals surface area contributed by atoms with Gasteiger partial charge in [0.1, 0.15) is 0 Å². The predicted molar refractivity (Wildman–Crippen MR) is 84.6 cm³/mol. The Bertz CT molecular complexity index is 364. The van der Waals surface area contributed by atoms with Crippen molar-refractivity contribution >= 4 is 17.7 Å². The van der Waals surface area contributed by atoms with Crippen molar-refractivity contribution in [3.8, 4) is 0 Å². The second-order valence-corrected chi connectivity index (χ2v) is 5.45. The molecule has 0 aromatic heterocycles. The van der Waals surface area contributed by atoms with Crippen LogP contribution in [0.3, 0.4) is 0 Å². The molecule has 24 heavy (non-hydrogen) atoms. The Labute approximate surface area is 142 Å². The van der Waals surface area contributed by atoms with E-state index in [2.05, 4.69) is 0 Å². The van der Waals surface area contributed by atoms with Gasteiger partial charge in [-0.3, -0.25) is 14.4 Å². The van der Waals surface area contributed by atoms with Gasteiger partial charge in [0.15, 0.2) is 0 Å². The van der Waals surface area contributed by atoms with Crippen LogP contribution >= 0.6 is 0 Å². The Hall–Kier alpha value is -1.71. The molecule has 0 atom stereocenters. The zero-order valence-corrected chi connectivity index (χ0v) is 14.7. The molecule has 0 aliphatic carbocycles. The summed E-state index contributed by atoms with van der Waals surface area (Å²) in [6.07, 6.45) is 0.615. The van der Waals surface area contributed by atoms with Crippen molar-refractivity contribution in [3.05, 3.63) is 0 Å². The number of carbonyl (C=O) groups excluding carboxylic acids is 3. The maximum absolute atomic E-state index is 12.2. The molecule has 1 aliphatic rings. The predicted octanol–water partition coefficient (Wildman–Crippen LogP) is -0.532. The summed E-state index contributed by atoms with van der Waals surface area (Å²) in [5.41, 5.74) is 0. The zero-order valence-electron chi connectivity index (χ0n) is 14.7. The lowest BCUT2D eigenvalue weighted by molar-refractivity contribution is -0.159. The highest BCUT2D eigenvalue weighted by Gasteiger charge is 2.31. The Morgan fingerprint density at radius 3 is 1.08 bits per heavy atom. The fraction of sp³-hybridized carbons (Fsp3) is 0.800. The summed E-state index contributed by atoms with van der Waals surface area (Å²) in [4.78, 5) is 41.2. The minimum Gasteiger partial charge on any atom is -0.384 e. The van der Waals surface area contributed by atoms with Crippen LogP contribution in [-0.4, -0.2) is 93.6 Å². The summed E-state index contributed by atoms with van der Waals surface area (Å²) in [7, 11) is 4.56. The van der Waals surface area contributed by atoms with Crippen molar-refractivity contribution in [1.82, 2.24) is 14.7 Å². The monoisotopic (exact) mass is 345 g/mol. The molecule has 0 aromatic carbocycles. The SMILES string of the molecule is COCCC(=O)N1CN(C(=O)CCOC)CN(C(=O)CCOC)C1. The van der Waals surface area contributed by atoms with E-state index >= 15 is 0 Å². The first kappa shape index (κ1) is 20.3. The summed E-state index contributed by atoms with van der Waals surface area (Å²) in [6, 6.07) is 0. The quantitative estimate of drug-likeness (QED) is 0.558. The normalized spacial score (nSPS) is 14.9. The maximum atomic E-state index is 12.2. The summed E-state index contributed by atoms with van der Waals surface area (Å²) in [6.45, 7) is 1.39. The van der Waals surface area contributed by atoms with E-state index in [9.17, 15) is 14.4 Å². The molecule has 0 unspecified atom stereocenters. The highest BCUT2D eigenvalue weighted by molar-refractivity contribution is 5.82. The summed E-state index contributed by atoms with van der Waals surface area (Å²) >= 11 is 0. The van der Waals surface area contributed by atoms with E-state index in [0.29, 0.717) is 19.8 Å². The van der Waals surface area contributed by atoms with E-state index in [4.69, 9.17) is 14.2 Å². The molecule has 0 radical (unpaired) electrons. The molecular formula is C15H27N3O6. The van der Waals surface area contributed by atoms with Gasteiger partial charge in [0, 0.05) is 21.3 Å². The van der Waals surface area contributed by atoms with Crippen LogP contribution in [0, 0.1) is 0 Å². The van der Waals surface area contributed by atoms with Gasteiger partial charge in [-0.1, -0.05) is 0 Å². The molecule has 0 saturated carbocycles. The van der Waals surface area contributed by atoms with Crippen LogP contribution in [0.4, 0.5) is 0 Å². The highest BCUT2D eigenvalue weighted by atomic mass is 16.5. The second-order valence-electron chi connectivity index (χ2n) is 5.45. The van der Waals surface area contributed by atoms with Crippen LogP contribution in [0.25, 0.3) is 0 Å². The summed E-state index contributed by atoms with van der Waals surface area (Å²) < 4.78 is 14.7. The van der Waals surface area contributed by atoms with Gasteiger partial charge in [0.25, 0.3) is 0 Å². The molecule has 0 bridgehead atoms. The summed E-state index contributed by atoms with van der Waals surface area (Å²) in [5.74, 6) is -0.484. The van der Waals surface area contributed by atoms with E-state index in [0.717, 1.165) is 0 Å². The van der Waals surface area contributed by atoms with Crippen molar-refractivity contribution in [3.63, 3.8) is 0 Å². The molecule has 0 aromatic rings. The second kappa shape index (κ2) is 11.0. The summed E-state index contributed by atoms with van der Waals surface area (Å²) in [5, 5.41) is 0. The number of rotatable bonds is 9. The van der Waals surface area contributed by atoms with Gasteiger partial charge in [-0.25, -0.2) is 0 Å². The van der Waals surface area contributed by atoms with E-state index in [1.54, 1.807) is 0 Å². The number of hydrogen-bond acceptors (Lipinski definition) is 6. The number of hydrogen-bond donors (Lipinski definition) is 0. The smallest absolute Gasteiger partial charge is 0.227 e. The fourth-order valence-corrected chi connectivity index (χ4v) is 2.27. The number of amides is 3. The van der Waals surface area contributed by atoms with Crippen molar-refractivity contribution in [2.24, 2.45) is 0 Å². The molecule has 0 N–H and O–H groups in total.